The van der Waals surface area contributed by atoms with Crippen molar-refractivity contribution in [2.75, 3.05) is 0 Å². The van der Waals surface area contributed by atoms with Crippen molar-refractivity contribution in [2.45, 2.75) is 45.6 Å². The lowest BCUT2D eigenvalue weighted by Gasteiger charge is -2.07. The first-order valence-electron chi connectivity index (χ1n) is 4.53. The number of nitrogens with two attached hydrogens (primary N) is 1. The number of hydrogen-bond donors (Lipinski definition) is 1. The van der Waals surface area contributed by atoms with E-state index in [-0.39, 0.29) is 0 Å². The number of nitrogens with zero attached hydrogens (tertiary/aromatic N) is 1. The molecule has 11 heavy (non-hydrogen) atoms. The van der Waals surface area contributed by atoms with Crippen LogP contribution in [0.5, 0.6) is 0 Å². The zero-order valence-corrected chi connectivity index (χ0v) is 7.51. The average Bonchev–Trinajstić information content (AvgIpc) is 2.39. The van der Waals surface area contributed by atoms with Gasteiger partial charge in [0.2, 0.25) is 0 Å². The van der Waals surface area contributed by atoms with Crippen molar-refractivity contribution >= 4 is 5.84 Å². The van der Waals surface area contributed by atoms with E-state index in [0.29, 0.717) is 12.0 Å². The van der Waals surface area contributed by atoms with Gasteiger partial charge in [-0.2, -0.15) is 0 Å². The molecule has 1 fully saturated rings. The van der Waals surface area contributed by atoms with Gasteiger partial charge in [0.25, 0.3) is 0 Å². The molecule has 0 aromatic carbocycles. The third-order valence-corrected chi connectivity index (χ3v) is 2.25. The molecule has 2 heteroatoms. The fourth-order valence-electron chi connectivity index (χ4n) is 1.39. The lowest BCUT2D eigenvalue weighted by molar-refractivity contribution is 0.692. The summed E-state index contributed by atoms with van der Waals surface area (Å²) in [6, 6.07) is 0.539. The molecule has 0 radical (unpaired) electrons. The molecule has 1 saturated carbocycles. The maximum absolute atomic E-state index is 5.75. The maximum atomic E-state index is 5.75. The van der Waals surface area contributed by atoms with Crippen LogP contribution in [0.1, 0.15) is 39.5 Å². The highest BCUT2D eigenvalue weighted by Crippen LogP contribution is 2.21. The normalized spacial score (nSPS) is 21.5. The van der Waals surface area contributed by atoms with Crippen molar-refractivity contribution in [3.63, 3.8) is 0 Å². The lowest BCUT2D eigenvalue weighted by atomic mass is 10.2. The molecule has 0 spiro atoms. The zero-order valence-electron chi connectivity index (χ0n) is 7.51. The summed E-state index contributed by atoms with van der Waals surface area (Å²) in [5.74, 6) is 1.24. The number of amidine groups is 1. The Morgan fingerprint density at radius 3 is 2.36 bits per heavy atom. The zero-order chi connectivity index (χ0) is 8.27. The largest absolute Gasteiger partial charge is 0.387 e. The summed E-state index contributed by atoms with van der Waals surface area (Å²) in [6.07, 6.45) is 5.15. The maximum Gasteiger partial charge on any atom is 0.0966 e. The SMILES string of the molecule is CC(C)C(N)=NC1CCCC1. The second-order valence-electron chi connectivity index (χ2n) is 3.65. The van der Waals surface area contributed by atoms with Gasteiger partial charge in [-0.1, -0.05) is 26.7 Å². The van der Waals surface area contributed by atoms with Gasteiger partial charge in [-0.15, -0.1) is 0 Å². The Morgan fingerprint density at radius 1 is 1.36 bits per heavy atom. The Balaban J connectivity index is 2.42. The summed E-state index contributed by atoms with van der Waals surface area (Å²) < 4.78 is 0. The van der Waals surface area contributed by atoms with Gasteiger partial charge in [0.05, 0.1) is 11.9 Å². The predicted molar refractivity (Wildman–Crippen MR) is 48.7 cm³/mol. The molecule has 1 rings (SSSR count). The van der Waals surface area contributed by atoms with E-state index >= 15 is 0 Å². The smallest absolute Gasteiger partial charge is 0.0966 e. The molecule has 0 atom stereocenters. The Bertz CT molecular complexity index is 144. The number of rotatable bonds is 2. The molecule has 0 heterocycles. The van der Waals surface area contributed by atoms with Crippen LogP contribution in [0.15, 0.2) is 4.99 Å². The monoisotopic (exact) mass is 154 g/mol. The number of hydrogen-bond acceptors (Lipinski definition) is 1. The molecule has 2 N–H and O–H groups in total. The first-order chi connectivity index (χ1) is 5.20. The predicted octanol–water partition coefficient (Wildman–Crippen LogP) is 1.94. The topological polar surface area (TPSA) is 38.4 Å². The Labute approximate surface area is 68.9 Å². The fraction of sp³-hybridized carbons (Fsp3) is 0.889. The van der Waals surface area contributed by atoms with E-state index in [0.717, 1.165) is 5.84 Å². The molecule has 1 aliphatic carbocycles. The molecule has 0 bridgehead atoms. The van der Waals surface area contributed by atoms with Crippen LogP contribution in [0.3, 0.4) is 0 Å². The van der Waals surface area contributed by atoms with Crippen molar-refractivity contribution in [3.05, 3.63) is 0 Å². The summed E-state index contributed by atoms with van der Waals surface area (Å²) in [5.41, 5.74) is 5.75. The molecular formula is C9H18N2. The van der Waals surface area contributed by atoms with Crippen LogP contribution in [0.2, 0.25) is 0 Å². The van der Waals surface area contributed by atoms with Gasteiger partial charge in [-0.3, -0.25) is 4.99 Å². The molecule has 64 valence electrons. The molecule has 1 aliphatic rings. The van der Waals surface area contributed by atoms with Crippen molar-refractivity contribution < 1.29 is 0 Å². The van der Waals surface area contributed by atoms with Crippen molar-refractivity contribution in [2.24, 2.45) is 16.6 Å². The Morgan fingerprint density at radius 2 is 1.91 bits per heavy atom. The summed E-state index contributed by atoms with van der Waals surface area (Å²) >= 11 is 0. The Kier molecular flexibility index (Phi) is 2.92. The van der Waals surface area contributed by atoms with Crippen LogP contribution >= 0.6 is 0 Å². The third kappa shape index (κ3) is 2.52. The van der Waals surface area contributed by atoms with E-state index in [1.165, 1.54) is 25.7 Å². The highest BCUT2D eigenvalue weighted by molar-refractivity contribution is 5.82. The van der Waals surface area contributed by atoms with Gasteiger partial charge in [-0.05, 0) is 12.8 Å². The molecular weight excluding hydrogens is 136 g/mol. The van der Waals surface area contributed by atoms with Gasteiger partial charge in [0, 0.05) is 5.92 Å². The standard InChI is InChI=1S/C9H18N2/c1-7(2)9(10)11-8-5-3-4-6-8/h7-8H,3-6H2,1-2H3,(H2,10,11). The van der Waals surface area contributed by atoms with Crippen LogP contribution in [-0.2, 0) is 0 Å². The van der Waals surface area contributed by atoms with Crippen LogP contribution in [0.4, 0.5) is 0 Å². The minimum absolute atomic E-state index is 0.413. The van der Waals surface area contributed by atoms with Gasteiger partial charge in [-0.25, -0.2) is 0 Å². The van der Waals surface area contributed by atoms with E-state index in [2.05, 4.69) is 18.8 Å². The Hall–Kier alpha value is -0.530. The first kappa shape index (κ1) is 8.57. The highest BCUT2D eigenvalue weighted by atomic mass is 14.9. The molecule has 0 aromatic rings. The number of aliphatic imine (C=N–C) groups is 1. The average molecular weight is 154 g/mol. The van der Waals surface area contributed by atoms with Crippen LogP contribution < -0.4 is 5.73 Å². The van der Waals surface area contributed by atoms with Gasteiger partial charge >= 0.3 is 0 Å². The van der Waals surface area contributed by atoms with Crippen LogP contribution in [-0.4, -0.2) is 11.9 Å². The minimum Gasteiger partial charge on any atom is -0.387 e. The lowest BCUT2D eigenvalue weighted by Crippen LogP contribution is -2.21. The van der Waals surface area contributed by atoms with Crippen molar-refractivity contribution in [3.8, 4) is 0 Å². The van der Waals surface area contributed by atoms with Crippen molar-refractivity contribution in [1.82, 2.24) is 0 Å². The fourth-order valence-corrected chi connectivity index (χ4v) is 1.39. The quantitative estimate of drug-likeness (QED) is 0.479. The summed E-state index contributed by atoms with van der Waals surface area (Å²) in [5, 5.41) is 0. The van der Waals surface area contributed by atoms with E-state index < -0.39 is 0 Å². The summed E-state index contributed by atoms with van der Waals surface area (Å²) in [4.78, 5) is 4.47. The molecule has 0 amide bonds. The van der Waals surface area contributed by atoms with E-state index in [9.17, 15) is 0 Å². The van der Waals surface area contributed by atoms with Gasteiger partial charge in [0.1, 0.15) is 0 Å². The molecule has 2 nitrogen and oxygen atoms in total. The van der Waals surface area contributed by atoms with E-state index in [4.69, 9.17) is 5.73 Å². The molecule has 0 aromatic heterocycles. The van der Waals surface area contributed by atoms with E-state index in [1.54, 1.807) is 0 Å². The third-order valence-electron chi connectivity index (χ3n) is 2.25. The van der Waals surface area contributed by atoms with Gasteiger partial charge in [0.15, 0.2) is 0 Å². The van der Waals surface area contributed by atoms with Crippen LogP contribution in [0.25, 0.3) is 0 Å². The highest BCUT2D eigenvalue weighted by Gasteiger charge is 2.14. The molecule has 0 aliphatic heterocycles. The second-order valence-corrected chi connectivity index (χ2v) is 3.65. The molecule has 0 saturated heterocycles. The second kappa shape index (κ2) is 3.74. The first-order valence-corrected chi connectivity index (χ1v) is 4.53. The van der Waals surface area contributed by atoms with E-state index in [1.807, 2.05) is 0 Å². The van der Waals surface area contributed by atoms with Gasteiger partial charge < -0.3 is 5.73 Å². The van der Waals surface area contributed by atoms with Crippen molar-refractivity contribution in [1.29, 1.82) is 0 Å². The summed E-state index contributed by atoms with van der Waals surface area (Å²) in [7, 11) is 0. The van der Waals surface area contributed by atoms with Crippen LogP contribution in [0, 0.1) is 5.92 Å². The molecule has 0 unspecified atom stereocenters. The summed E-state index contributed by atoms with van der Waals surface area (Å²) in [6.45, 7) is 4.18. The minimum atomic E-state index is 0.413.